The summed E-state index contributed by atoms with van der Waals surface area (Å²) < 4.78 is 11.8. The number of methoxy groups -OCH3 is 1. The molecule has 2 heterocycles. The van der Waals surface area contributed by atoms with Gasteiger partial charge in [0.25, 0.3) is 0 Å². The molecule has 0 radical (unpaired) electrons. The summed E-state index contributed by atoms with van der Waals surface area (Å²) in [6.07, 6.45) is 0.985. The molecular formula is C18H19NO2. The molecule has 1 N–H and O–H groups in total. The van der Waals surface area contributed by atoms with Crippen molar-refractivity contribution in [2.24, 2.45) is 0 Å². The highest BCUT2D eigenvalue weighted by atomic mass is 16.5. The summed E-state index contributed by atoms with van der Waals surface area (Å²) in [5, 5.41) is 3.51. The van der Waals surface area contributed by atoms with Crippen molar-refractivity contribution in [1.29, 1.82) is 0 Å². The second-order valence-corrected chi connectivity index (χ2v) is 5.76. The Morgan fingerprint density at radius 2 is 1.95 bits per heavy atom. The molecule has 0 spiro atoms. The van der Waals surface area contributed by atoms with Crippen LogP contribution >= 0.6 is 0 Å². The normalized spacial score (nSPS) is 26.6. The SMILES string of the molecule is COc1ccc(C23CCNCC2c2ccccc2O3)cc1. The van der Waals surface area contributed by atoms with Crippen LogP contribution in [-0.4, -0.2) is 20.2 Å². The number of benzene rings is 2. The molecule has 3 nitrogen and oxygen atoms in total. The van der Waals surface area contributed by atoms with E-state index in [1.165, 1.54) is 11.1 Å². The van der Waals surface area contributed by atoms with E-state index in [9.17, 15) is 0 Å². The van der Waals surface area contributed by atoms with Crippen LogP contribution in [0.1, 0.15) is 23.5 Å². The maximum absolute atomic E-state index is 6.48. The highest BCUT2D eigenvalue weighted by Crippen LogP contribution is 2.53. The van der Waals surface area contributed by atoms with E-state index in [1.54, 1.807) is 7.11 Å². The highest BCUT2D eigenvalue weighted by molar-refractivity contribution is 5.48. The largest absolute Gasteiger partial charge is 0.497 e. The summed E-state index contributed by atoms with van der Waals surface area (Å²) in [6, 6.07) is 16.8. The third-order valence-corrected chi connectivity index (χ3v) is 4.75. The van der Waals surface area contributed by atoms with Gasteiger partial charge >= 0.3 is 0 Å². The van der Waals surface area contributed by atoms with Gasteiger partial charge in [0.1, 0.15) is 17.1 Å². The van der Waals surface area contributed by atoms with Gasteiger partial charge in [-0.2, -0.15) is 0 Å². The number of hydrogen-bond acceptors (Lipinski definition) is 3. The first-order valence-corrected chi connectivity index (χ1v) is 7.47. The lowest BCUT2D eigenvalue weighted by atomic mass is 9.75. The van der Waals surface area contributed by atoms with Gasteiger partial charge in [-0.05, 0) is 30.3 Å². The number of nitrogens with one attached hydrogen (secondary N) is 1. The van der Waals surface area contributed by atoms with Crippen LogP contribution in [0.2, 0.25) is 0 Å². The predicted octanol–water partition coefficient (Wildman–Crippen LogP) is 3.06. The summed E-state index contributed by atoms with van der Waals surface area (Å²) in [6.45, 7) is 1.94. The molecule has 0 bridgehead atoms. The average Bonchev–Trinajstić information content (AvgIpc) is 2.90. The summed E-state index contributed by atoms with van der Waals surface area (Å²) in [5.74, 6) is 2.29. The first kappa shape index (κ1) is 12.7. The Morgan fingerprint density at radius 3 is 2.76 bits per heavy atom. The smallest absolute Gasteiger partial charge is 0.143 e. The molecule has 0 amide bonds. The Labute approximate surface area is 124 Å². The molecule has 108 valence electrons. The molecule has 2 aromatic rings. The summed E-state index contributed by atoms with van der Waals surface area (Å²) in [7, 11) is 1.70. The van der Waals surface area contributed by atoms with Crippen LogP contribution in [0.3, 0.4) is 0 Å². The number of hydrogen-bond donors (Lipinski definition) is 1. The lowest BCUT2D eigenvalue weighted by Gasteiger charge is -2.39. The molecule has 2 unspecified atom stereocenters. The van der Waals surface area contributed by atoms with E-state index < -0.39 is 0 Å². The number of ether oxygens (including phenoxy) is 2. The van der Waals surface area contributed by atoms with Gasteiger partial charge in [0, 0.05) is 24.4 Å². The van der Waals surface area contributed by atoms with E-state index in [-0.39, 0.29) is 5.60 Å². The molecule has 2 atom stereocenters. The van der Waals surface area contributed by atoms with Gasteiger partial charge in [0.2, 0.25) is 0 Å². The molecule has 2 aromatic carbocycles. The van der Waals surface area contributed by atoms with Crippen molar-refractivity contribution in [3.63, 3.8) is 0 Å². The number of piperidine rings is 1. The third-order valence-electron chi connectivity index (χ3n) is 4.75. The van der Waals surface area contributed by atoms with Crippen molar-refractivity contribution in [2.75, 3.05) is 20.2 Å². The van der Waals surface area contributed by atoms with E-state index in [0.29, 0.717) is 5.92 Å². The first-order chi connectivity index (χ1) is 10.3. The quantitative estimate of drug-likeness (QED) is 0.917. The average molecular weight is 281 g/mol. The van der Waals surface area contributed by atoms with Crippen LogP contribution in [0.4, 0.5) is 0 Å². The zero-order valence-electron chi connectivity index (χ0n) is 12.1. The van der Waals surface area contributed by atoms with E-state index in [2.05, 4.69) is 35.6 Å². The van der Waals surface area contributed by atoms with Gasteiger partial charge in [0.15, 0.2) is 0 Å². The van der Waals surface area contributed by atoms with Crippen LogP contribution in [-0.2, 0) is 5.60 Å². The van der Waals surface area contributed by atoms with Crippen LogP contribution in [0.5, 0.6) is 11.5 Å². The minimum atomic E-state index is -0.235. The third kappa shape index (κ3) is 1.84. The molecule has 2 aliphatic heterocycles. The topological polar surface area (TPSA) is 30.5 Å². The second-order valence-electron chi connectivity index (χ2n) is 5.76. The van der Waals surface area contributed by atoms with Gasteiger partial charge in [0.05, 0.1) is 7.11 Å². The molecule has 21 heavy (non-hydrogen) atoms. The second kappa shape index (κ2) is 4.78. The van der Waals surface area contributed by atoms with Crippen LogP contribution in [0.25, 0.3) is 0 Å². The van der Waals surface area contributed by atoms with Crippen LogP contribution < -0.4 is 14.8 Å². The lowest BCUT2D eigenvalue weighted by molar-refractivity contribution is 0.0395. The van der Waals surface area contributed by atoms with Crippen molar-refractivity contribution in [3.05, 3.63) is 59.7 Å². The van der Waals surface area contributed by atoms with Crippen molar-refractivity contribution in [3.8, 4) is 11.5 Å². The van der Waals surface area contributed by atoms with Crippen molar-refractivity contribution in [1.82, 2.24) is 5.32 Å². The van der Waals surface area contributed by atoms with Crippen LogP contribution in [0, 0.1) is 0 Å². The Bertz CT molecular complexity index is 653. The Kier molecular flexibility index (Phi) is 2.89. The van der Waals surface area contributed by atoms with Crippen molar-refractivity contribution in [2.45, 2.75) is 17.9 Å². The van der Waals surface area contributed by atoms with E-state index in [1.807, 2.05) is 18.2 Å². The Hall–Kier alpha value is -2.00. The van der Waals surface area contributed by atoms with Crippen LogP contribution in [0.15, 0.2) is 48.5 Å². The van der Waals surface area contributed by atoms with E-state index >= 15 is 0 Å². The molecule has 2 aliphatic rings. The number of fused-ring (bicyclic) bond motifs is 3. The molecule has 4 rings (SSSR count). The standard InChI is InChI=1S/C18H19NO2/c1-20-14-8-6-13(7-9-14)18-10-11-19-12-16(18)15-4-2-3-5-17(15)21-18/h2-9,16,19H,10-12H2,1H3. The molecular weight excluding hydrogens is 262 g/mol. The molecule has 0 saturated carbocycles. The molecule has 0 aromatic heterocycles. The summed E-state index contributed by atoms with van der Waals surface area (Å²) in [5.41, 5.74) is 2.33. The molecule has 1 fully saturated rings. The van der Waals surface area contributed by atoms with Crippen molar-refractivity contribution >= 4 is 0 Å². The Morgan fingerprint density at radius 1 is 1.14 bits per heavy atom. The maximum Gasteiger partial charge on any atom is 0.143 e. The fourth-order valence-electron chi connectivity index (χ4n) is 3.68. The van der Waals surface area contributed by atoms with Gasteiger partial charge in [-0.3, -0.25) is 0 Å². The lowest BCUT2D eigenvalue weighted by Crippen LogP contribution is -2.47. The summed E-state index contributed by atoms with van der Waals surface area (Å²) in [4.78, 5) is 0. The van der Waals surface area contributed by atoms with Gasteiger partial charge in [-0.25, -0.2) is 0 Å². The fourth-order valence-corrected chi connectivity index (χ4v) is 3.68. The van der Waals surface area contributed by atoms with Gasteiger partial charge < -0.3 is 14.8 Å². The monoisotopic (exact) mass is 281 g/mol. The molecule has 0 aliphatic carbocycles. The predicted molar refractivity (Wildman–Crippen MR) is 82.0 cm³/mol. The van der Waals surface area contributed by atoms with Crippen molar-refractivity contribution < 1.29 is 9.47 Å². The zero-order valence-corrected chi connectivity index (χ0v) is 12.1. The maximum atomic E-state index is 6.48. The zero-order chi connectivity index (χ0) is 14.3. The Balaban J connectivity index is 1.80. The van der Waals surface area contributed by atoms with E-state index in [0.717, 1.165) is 31.0 Å². The number of rotatable bonds is 2. The molecule has 1 saturated heterocycles. The van der Waals surface area contributed by atoms with E-state index in [4.69, 9.17) is 9.47 Å². The molecule has 3 heteroatoms. The minimum Gasteiger partial charge on any atom is -0.497 e. The fraction of sp³-hybridized carbons (Fsp3) is 0.333. The number of para-hydroxylation sites is 1. The van der Waals surface area contributed by atoms with Gasteiger partial charge in [-0.1, -0.05) is 30.3 Å². The van der Waals surface area contributed by atoms with Gasteiger partial charge in [-0.15, -0.1) is 0 Å². The minimum absolute atomic E-state index is 0.235. The first-order valence-electron chi connectivity index (χ1n) is 7.47. The summed E-state index contributed by atoms with van der Waals surface area (Å²) >= 11 is 0. The highest BCUT2D eigenvalue weighted by Gasteiger charge is 2.50.